The van der Waals surface area contributed by atoms with E-state index in [1.54, 1.807) is 35.1 Å². The van der Waals surface area contributed by atoms with Crippen LogP contribution in [0.2, 0.25) is 0 Å². The van der Waals surface area contributed by atoms with Crippen molar-refractivity contribution in [3.63, 3.8) is 0 Å². The van der Waals surface area contributed by atoms with Gasteiger partial charge in [-0.15, -0.1) is 0 Å². The number of amides is 1. The zero-order chi connectivity index (χ0) is 27.3. The molecule has 0 radical (unpaired) electrons. The Morgan fingerprint density at radius 1 is 0.838 bits per heavy atom. The van der Waals surface area contributed by atoms with Crippen molar-refractivity contribution in [2.75, 3.05) is 6.61 Å². The molecular formula is C23H21F3N2O7S2. The van der Waals surface area contributed by atoms with Crippen LogP contribution in [0.4, 0.5) is 13.2 Å². The first kappa shape index (κ1) is 28.0. The second kappa shape index (κ2) is 11.2. The standard InChI is InChI=1S/C23H21F3N2O7S2/c24-23(25,26)12-13-34-19-14-17(10-11-18(19)35-15-16-6-2-1-3-7-16)22(29)28-37(32,33)21-9-5-4-8-20(21)36(27,30)31/h1-11,14H,12-13,15H2,(H,28,29)(H2,27,30,31). The van der Waals surface area contributed by atoms with Gasteiger partial charge in [-0.05, 0) is 35.9 Å². The highest BCUT2D eigenvalue weighted by Gasteiger charge is 2.28. The number of rotatable bonds is 10. The van der Waals surface area contributed by atoms with Crippen LogP contribution >= 0.6 is 0 Å². The fraction of sp³-hybridized carbons (Fsp3) is 0.174. The lowest BCUT2D eigenvalue weighted by atomic mass is 10.2. The van der Waals surface area contributed by atoms with Crippen LogP contribution in [0, 0.1) is 0 Å². The highest BCUT2D eigenvalue weighted by molar-refractivity contribution is 7.92. The van der Waals surface area contributed by atoms with E-state index in [1.165, 1.54) is 24.3 Å². The molecule has 0 unspecified atom stereocenters. The topological polar surface area (TPSA) is 142 Å². The fourth-order valence-electron chi connectivity index (χ4n) is 3.04. The van der Waals surface area contributed by atoms with Gasteiger partial charge in [-0.1, -0.05) is 42.5 Å². The minimum absolute atomic E-state index is 0.0185. The first-order valence-corrected chi connectivity index (χ1v) is 13.5. The number of nitrogens with one attached hydrogen (secondary N) is 1. The molecule has 0 saturated carbocycles. The molecule has 0 saturated heterocycles. The van der Waals surface area contributed by atoms with Crippen LogP contribution < -0.4 is 19.3 Å². The number of ether oxygens (including phenoxy) is 2. The van der Waals surface area contributed by atoms with Crippen molar-refractivity contribution in [2.24, 2.45) is 5.14 Å². The van der Waals surface area contributed by atoms with Gasteiger partial charge in [0.05, 0.1) is 13.0 Å². The van der Waals surface area contributed by atoms with Gasteiger partial charge in [-0.25, -0.2) is 26.7 Å². The SMILES string of the molecule is NS(=O)(=O)c1ccccc1S(=O)(=O)NC(=O)c1ccc(OCc2ccccc2)c(OCCC(F)(F)F)c1. The third kappa shape index (κ3) is 7.93. The van der Waals surface area contributed by atoms with E-state index in [9.17, 15) is 34.8 Å². The molecule has 1 amide bonds. The van der Waals surface area contributed by atoms with Crippen molar-refractivity contribution in [1.29, 1.82) is 0 Å². The Kier molecular flexibility index (Phi) is 8.46. The van der Waals surface area contributed by atoms with Gasteiger partial charge in [-0.3, -0.25) is 4.79 Å². The summed E-state index contributed by atoms with van der Waals surface area (Å²) >= 11 is 0. The molecule has 198 valence electrons. The summed E-state index contributed by atoms with van der Waals surface area (Å²) in [6.45, 7) is -0.739. The Bertz CT molecular complexity index is 1480. The molecule has 3 N–H and O–H groups in total. The van der Waals surface area contributed by atoms with Crippen LogP contribution in [-0.4, -0.2) is 35.5 Å². The van der Waals surface area contributed by atoms with Crippen molar-refractivity contribution >= 4 is 26.0 Å². The molecule has 0 heterocycles. The van der Waals surface area contributed by atoms with Crippen LogP contribution in [0.1, 0.15) is 22.3 Å². The first-order valence-electron chi connectivity index (χ1n) is 10.5. The molecule has 37 heavy (non-hydrogen) atoms. The molecule has 3 aromatic carbocycles. The number of hydrogen-bond donors (Lipinski definition) is 2. The van der Waals surface area contributed by atoms with E-state index in [2.05, 4.69) is 0 Å². The van der Waals surface area contributed by atoms with Crippen molar-refractivity contribution in [2.45, 2.75) is 29.0 Å². The Hall–Kier alpha value is -3.62. The quantitative estimate of drug-likeness (QED) is 0.389. The number of benzene rings is 3. The first-order chi connectivity index (χ1) is 17.3. The molecular weight excluding hydrogens is 537 g/mol. The fourth-order valence-corrected chi connectivity index (χ4v) is 5.39. The van der Waals surface area contributed by atoms with Crippen LogP contribution in [0.15, 0.2) is 82.6 Å². The van der Waals surface area contributed by atoms with E-state index in [1.807, 2.05) is 0 Å². The number of hydrogen-bond acceptors (Lipinski definition) is 7. The Balaban J connectivity index is 1.87. The predicted octanol–water partition coefficient (Wildman–Crippen LogP) is 3.36. The minimum Gasteiger partial charge on any atom is -0.489 e. The molecule has 0 aliphatic rings. The number of nitrogens with two attached hydrogens (primary N) is 1. The lowest BCUT2D eigenvalue weighted by Crippen LogP contribution is -2.32. The summed E-state index contributed by atoms with van der Waals surface area (Å²) < 4.78 is 99.4. The van der Waals surface area contributed by atoms with Gasteiger partial charge in [0.25, 0.3) is 15.9 Å². The molecule has 0 fully saturated rings. The zero-order valence-electron chi connectivity index (χ0n) is 18.9. The molecule has 0 aliphatic carbocycles. The van der Waals surface area contributed by atoms with Gasteiger partial charge < -0.3 is 9.47 Å². The second-order valence-corrected chi connectivity index (χ2v) is 10.8. The molecule has 0 bridgehead atoms. The van der Waals surface area contributed by atoms with Gasteiger partial charge in [0.15, 0.2) is 11.5 Å². The molecule has 3 aromatic rings. The maximum absolute atomic E-state index is 12.7. The Labute approximate surface area is 211 Å². The Morgan fingerprint density at radius 2 is 1.46 bits per heavy atom. The molecule has 0 aromatic heterocycles. The summed E-state index contributed by atoms with van der Waals surface area (Å²) in [6, 6.07) is 16.7. The third-order valence-electron chi connectivity index (χ3n) is 4.76. The summed E-state index contributed by atoms with van der Waals surface area (Å²) in [5, 5.41) is 5.06. The zero-order valence-corrected chi connectivity index (χ0v) is 20.6. The van der Waals surface area contributed by atoms with Gasteiger partial charge in [-0.2, -0.15) is 13.2 Å². The molecule has 9 nitrogen and oxygen atoms in total. The predicted molar refractivity (Wildman–Crippen MR) is 126 cm³/mol. The second-order valence-electron chi connectivity index (χ2n) is 7.58. The molecule has 0 aliphatic heterocycles. The maximum Gasteiger partial charge on any atom is 0.392 e. The monoisotopic (exact) mass is 558 g/mol. The molecule has 0 atom stereocenters. The normalized spacial score (nSPS) is 12.1. The van der Waals surface area contributed by atoms with Crippen molar-refractivity contribution in [3.05, 3.63) is 83.9 Å². The summed E-state index contributed by atoms with van der Waals surface area (Å²) in [6.07, 6.45) is -5.77. The third-order valence-corrected chi connectivity index (χ3v) is 7.25. The van der Waals surface area contributed by atoms with E-state index in [0.29, 0.717) is 0 Å². The molecule has 3 rings (SSSR count). The number of sulfonamides is 2. The number of carbonyl (C=O) groups excluding carboxylic acids is 1. The van der Waals surface area contributed by atoms with E-state index in [4.69, 9.17) is 14.6 Å². The average molecular weight is 559 g/mol. The van der Waals surface area contributed by atoms with Crippen molar-refractivity contribution in [1.82, 2.24) is 4.72 Å². The summed E-state index contributed by atoms with van der Waals surface area (Å²) in [5.74, 6) is -1.40. The lowest BCUT2D eigenvalue weighted by Gasteiger charge is -2.15. The summed E-state index contributed by atoms with van der Waals surface area (Å²) in [7, 11) is -9.15. The van der Waals surface area contributed by atoms with Gasteiger partial charge >= 0.3 is 6.18 Å². The Morgan fingerprint density at radius 3 is 2.08 bits per heavy atom. The van der Waals surface area contributed by atoms with Crippen molar-refractivity contribution < 1.29 is 44.3 Å². The highest BCUT2D eigenvalue weighted by atomic mass is 32.2. The average Bonchev–Trinajstić information content (AvgIpc) is 2.82. The molecule has 0 spiro atoms. The largest absolute Gasteiger partial charge is 0.489 e. The van der Waals surface area contributed by atoms with Gasteiger partial charge in [0.1, 0.15) is 16.4 Å². The lowest BCUT2D eigenvalue weighted by molar-refractivity contribution is -0.139. The molecule has 14 heteroatoms. The highest BCUT2D eigenvalue weighted by Crippen LogP contribution is 2.31. The maximum atomic E-state index is 12.7. The number of primary sulfonamides is 1. The van der Waals surface area contributed by atoms with Crippen molar-refractivity contribution in [3.8, 4) is 11.5 Å². The minimum atomic E-state index is -4.71. The van der Waals surface area contributed by atoms with E-state index >= 15 is 0 Å². The van der Waals surface area contributed by atoms with Crippen LogP contribution in [0.5, 0.6) is 11.5 Å². The number of alkyl halides is 3. The number of carbonyl (C=O) groups is 1. The van der Waals surface area contributed by atoms with Crippen LogP contribution in [-0.2, 0) is 26.7 Å². The van der Waals surface area contributed by atoms with Gasteiger partial charge in [0, 0.05) is 5.56 Å². The summed E-state index contributed by atoms with van der Waals surface area (Å²) in [4.78, 5) is 11.2. The van der Waals surface area contributed by atoms with Crippen LogP contribution in [0.25, 0.3) is 0 Å². The van der Waals surface area contributed by atoms with E-state index in [-0.39, 0.29) is 23.7 Å². The smallest absolute Gasteiger partial charge is 0.392 e. The van der Waals surface area contributed by atoms with Gasteiger partial charge in [0.2, 0.25) is 10.0 Å². The van der Waals surface area contributed by atoms with Crippen LogP contribution in [0.3, 0.4) is 0 Å². The number of halogens is 3. The summed E-state index contributed by atoms with van der Waals surface area (Å²) in [5.41, 5.74) is 0.455. The van der Waals surface area contributed by atoms with E-state index < -0.39 is 54.9 Å². The van der Waals surface area contributed by atoms with E-state index in [0.717, 1.165) is 23.8 Å².